The largest absolute Gasteiger partial charge is 0.391 e. The Balaban J connectivity index is 1.87. The number of nitrogens with two attached hydrogens (primary N) is 1. The second kappa shape index (κ2) is 7.64. The molecule has 0 aliphatic heterocycles. The van der Waals surface area contributed by atoms with Crippen LogP contribution in [-0.4, -0.2) is 23.0 Å². The van der Waals surface area contributed by atoms with Crippen LogP contribution < -0.4 is 5.73 Å². The normalized spacial score (nSPS) is 13.9. The highest BCUT2D eigenvalue weighted by atomic mass is 32.2. The van der Waals surface area contributed by atoms with Crippen LogP contribution >= 0.6 is 11.8 Å². The molecule has 0 saturated carbocycles. The summed E-state index contributed by atoms with van der Waals surface area (Å²) in [6, 6.07) is 16.2. The molecule has 0 spiro atoms. The van der Waals surface area contributed by atoms with Gasteiger partial charge in [0.1, 0.15) is 0 Å². The fourth-order valence-corrected chi connectivity index (χ4v) is 3.33. The average Bonchev–Trinajstić information content (AvgIpc) is 2.47. The summed E-state index contributed by atoms with van der Waals surface area (Å²) in [7, 11) is 0. The molecule has 0 aliphatic rings. The lowest BCUT2D eigenvalue weighted by Gasteiger charge is -2.19. The van der Waals surface area contributed by atoms with Crippen molar-refractivity contribution in [3.63, 3.8) is 0 Å². The molecule has 2 atom stereocenters. The Labute approximate surface area is 131 Å². The van der Waals surface area contributed by atoms with Gasteiger partial charge >= 0.3 is 0 Å². The number of rotatable bonds is 6. The predicted molar refractivity (Wildman–Crippen MR) is 90.8 cm³/mol. The van der Waals surface area contributed by atoms with Gasteiger partial charge in [-0.25, -0.2) is 0 Å². The molecular weight excluding hydrogens is 278 g/mol. The van der Waals surface area contributed by atoms with Gasteiger partial charge in [0.2, 0.25) is 0 Å². The standard InChI is InChI=1S/C18H23NOS/c1-13-8-9-18(14(2)10-13)21-12-17(20)16(19)11-15-6-4-3-5-7-15/h3-10,16-17,20H,11-12,19H2,1-2H3. The van der Waals surface area contributed by atoms with Crippen molar-refractivity contribution >= 4 is 11.8 Å². The molecule has 21 heavy (non-hydrogen) atoms. The van der Waals surface area contributed by atoms with E-state index in [0.717, 1.165) is 0 Å². The summed E-state index contributed by atoms with van der Waals surface area (Å²) < 4.78 is 0. The molecule has 2 unspecified atom stereocenters. The summed E-state index contributed by atoms with van der Waals surface area (Å²) in [5.74, 6) is 0.623. The molecule has 2 aromatic carbocycles. The Morgan fingerprint density at radius 2 is 1.81 bits per heavy atom. The Bertz CT molecular complexity index is 571. The van der Waals surface area contributed by atoms with Gasteiger partial charge in [-0.2, -0.15) is 0 Å². The van der Waals surface area contributed by atoms with E-state index < -0.39 is 6.10 Å². The van der Waals surface area contributed by atoms with E-state index in [9.17, 15) is 5.11 Å². The summed E-state index contributed by atoms with van der Waals surface area (Å²) in [6.45, 7) is 4.19. The second-order valence-corrected chi connectivity index (χ2v) is 6.56. The number of hydrogen-bond acceptors (Lipinski definition) is 3. The first-order valence-electron chi connectivity index (χ1n) is 7.24. The molecule has 0 fully saturated rings. The molecule has 0 aromatic heterocycles. The van der Waals surface area contributed by atoms with Crippen LogP contribution in [0.25, 0.3) is 0 Å². The van der Waals surface area contributed by atoms with Crippen LogP contribution in [0.3, 0.4) is 0 Å². The first-order valence-corrected chi connectivity index (χ1v) is 8.22. The smallest absolute Gasteiger partial charge is 0.0788 e. The van der Waals surface area contributed by atoms with E-state index in [1.807, 2.05) is 30.3 Å². The molecule has 3 heteroatoms. The van der Waals surface area contributed by atoms with Gasteiger partial charge < -0.3 is 10.8 Å². The third-order valence-electron chi connectivity index (χ3n) is 3.55. The van der Waals surface area contributed by atoms with E-state index >= 15 is 0 Å². The average molecular weight is 301 g/mol. The van der Waals surface area contributed by atoms with Gasteiger partial charge in [0.25, 0.3) is 0 Å². The maximum atomic E-state index is 10.2. The molecule has 0 saturated heterocycles. The van der Waals surface area contributed by atoms with Crippen molar-refractivity contribution in [2.24, 2.45) is 5.73 Å². The maximum Gasteiger partial charge on any atom is 0.0788 e. The van der Waals surface area contributed by atoms with E-state index in [1.54, 1.807) is 11.8 Å². The third kappa shape index (κ3) is 4.88. The van der Waals surface area contributed by atoms with Crippen LogP contribution in [-0.2, 0) is 6.42 Å². The van der Waals surface area contributed by atoms with Crippen LogP contribution in [0.15, 0.2) is 53.4 Å². The molecule has 0 bridgehead atoms. The van der Waals surface area contributed by atoms with Crippen molar-refractivity contribution in [3.05, 3.63) is 65.2 Å². The summed E-state index contributed by atoms with van der Waals surface area (Å²) in [6.07, 6.45) is 0.200. The summed E-state index contributed by atoms with van der Waals surface area (Å²) >= 11 is 1.67. The Hall–Kier alpha value is -1.29. The van der Waals surface area contributed by atoms with E-state index in [4.69, 9.17) is 5.73 Å². The van der Waals surface area contributed by atoms with Gasteiger partial charge in [-0.3, -0.25) is 0 Å². The zero-order valence-corrected chi connectivity index (χ0v) is 13.4. The zero-order chi connectivity index (χ0) is 15.2. The van der Waals surface area contributed by atoms with Crippen molar-refractivity contribution in [2.75, 3.05) is 5.75 Å². The molecular formula is C18H23NOS. The lowest BCUT2D eigenvalue weighted by atomic mass is 10.0. The molecule has 112 valence electrons. The highest BCUT2D eigenvalue weighted by Gasteiger charge is 2.16. The molecule has 3 N–H and O–H groups in total. The quantitative estimate of drug-likeness (QED) is 0.805. The van der Waals surface area contributed by atoms with Crippen LogP contribution in [0.1, 0.15) is 16.7 Å². The van der Waals surface area contributed by atoms with Crippen molar-refractivity contribution in [1.82, 2.24) is 0 Å². The minimum Gasteiger partial charge on any atom is -0.391 e. The topological polar surface area (TPSA) is 46.2 Å². The first kappa shape index (κ1) is 16.1. The van der Waals surface area contributed by atoms with E-state index in [1.165, 1.54) is 21.6 Å². The first-order chi connectivity index (χ1) is 10.1. The number of benzene rings is 2. The Morgan fingerprint density at radius 1 is 1.10 bits per heavy atom. The highest BCUT2D eigenvalue weighted by Crippen LogP contribution is 2.24. The van der Waals surface area contributed by atoms with Crippen molar-refractivity contribution in [1.29, 1.82) is 0 Å². The molecule has 0 aliphatic carbocycles. The van der Waals surface area contributed by atoms with Crippen molar-refractivity contribution < 1.29 is 5.11 Å². The Morgan fingerprint density at radius 3 is 2.48 bits per heavy atom. The summed E-state index contributed by atoms with van der Waals surface area (Å²) in [5.41, 5.74) is 9.80. The number of aryl methyl sites for hydroxylation is 2. The maximum absolute atomic E-state index is 10.2. The van der Waals surface area contributed by atoms with Crippen molar-refractivity contribution in [3.8, 4) is 0 Å². The second-order valence-electron chi connectivity index (χ2n) is 5.50. The van der Waals surface area contributed by atoms with Gasteiger partial charge in [0.15, 0.2) is 0 Å². The number of thioether (sulfide) groups is 1. The lowest BCUT2D eigenvalue weighted by molar-refractivity contribution is 0.167. The van der Waals surface area contributed by atoms with E-state index in [-0.39, 0.29) is 6.04 Å². The molecule has 2 rings (SSSR count). The molecule has 0 heterocycles. The fraction of sp³-hybridized carbons (Fsp3) is 0.333. The minimum absolute atomic E-state index is 0.231. The molecule has 2 aromatic rings. The SMILES string of the molecule is Cc1ccc(SCC(O)C(N)Cc2ccccc2)c(C)c1. The zero-order valence-electron chi connectivity index (χ0n) is 12.6. The summed E-state index contributed by atoms with van der Waals surface area (Å²) in [5, 5.41) is 10.2. The van der Waals surface area contributed by atoms with Crippen LogP contribution in [0.5, 0.6) is 0 Å². The van der Waals surface area contributed by atoms with E-state index in [0.29, 0.717) is 12.2 Å². The minimum atomic E-state index is -0.504. The van der Waals surface area contributed by atoms with E-state index in [2.05, 4.69) is 32.0 Å². The lowest BCUT2D eigenvalue weighted by Crippen LogP contribution is -2.38. The molecule has 0 amide bonds. The van der Waals surface area contributed by atoms with Gasteiger partial charge in [-0.05, 0) is 37.5 Å². The van der Waals surface area contributed by atoms with Gasteiger partial charge in [0.05, 0.1) is 6.10 Å². The Kier molecular flexibility index (Phi) is 5.85. The number of aliphatic hydroxyl groups excluding tert-OH is 1. The summed E-state index contributed by atoms with van der Waals surface area (Å²) in [4.78, 5) is 1.21. The van der Waals surface area contributed by atoms with Gasteiger partial charge in [0, 0.05) is 16.7 Å². The predicted octanol–water partition coefficient (Wildman–Crippen LogP) is 3.33. The van der Waals surface area contributed by atoms with Gasteiger partial charge in [-0.1, -0.05) is 48.0 Å². The highest BCUT2D eigenvalue weighted by molar-refractivity contribution is 7.99. The van der Waals surface area contributed by atoms with Gasteiger partial charge in [-0.15, -0.1) is 11.8 Å². The van der Waals surface area contributed by atoms with Crippen LogP contribution in [0.4, 0.5) is 0 Å². The van der Waals surface area contributed by atoms with Crippen molar-refractivity contribution in [2.45, 2.75) is 37.3 Å². The molecule has 2 nitrogen and oxygen atoms in total. The fourth-order valence-electron chi connectivity index (χ4n) is 2.28. The monoisotopic (exact) mass is 301 g/mol. The third-order valence-corrected chi connectivity index (χ3v) is 4.83. The molecule has 0 radical (unpaired) electrons. The number of hydrogen-bond donors (Lipinski definition) is 2. The van der Waals surface area contributed by atoms with Crippen LogP contribution in [0.2, 0.25) is 0 Å². The van der Waals surface area contributed by atoms with Crippen LogP contribution in [0, 0.1) is 13.8 Å². The number of aliphatic hydroxyl groups is 1.